The van der Waals surface area contributed by atoms with Gasteiger partial charge >= 0.3 is 0 Å². The lowest BCUT2D eigenvalue weighted by molar-refractivity contribution is 0.154. The molecule has 0 fully saturated rings. The van der Waals surface area contributed by atoms with Crippen molar-refractivity contribution in [3.63, 3.8) is 0 Å². The van der Waals surface area contributed by atoms with Gasteiger partial charge in [0.05, 0.1) is 19.0 Å². The largest absolute Gasteiger partial charge is 0.396 e. The maximum Gasteiger partial charge on any atom is 0.191 e. The minimum absolute atomic E-state index is 0. The molecule has 0 saturated carbocycles. The first kappa shape index (κ1) is 27.1. The van der Waals surface area contributed by atoms with Gasteiger partial charge in [0.2, 0.25) is 0 Å². The van der Waals surface area contributed by atoms with Crippen molar-refractivity contribution >= 4 is 39.8 Å². The number of aliphatic hydroxyl groups is 1. The quantitative estimate of drug-likeness (QED) is 0.155. The smallest absolute Gasteiger partial charge is 0.191 e. The molecule has 0 bridgehead atoms. The Kier molecular flexibility index (Phi) is 17.4. The first-order valence-corrected chi connectivity index (χ1v) is 10.7. The number of sulfone groups is 1. The number of nitrogens with one attached hydrogen (secondary N) is 2. The second-order valence-electron chi connectivity index (χ2n) is 6.40. The van der Waals surface area contributed by atoms with E-state index in [4.69, 9.17) is 9.84 Å². The second kappa shape index (κ2) is 16.1. The number of hydrogen-bond donors (Lipinski definition) is 3. The third kappa shape index (κ3) is 18.5. The van der Waals surface area contributed by atoms with Crippen LogP contribution in [0.25, 0.3) is 0 Å². The third-order valence-electron chi connectivity index (χ3n) is 3.33. The van der Waals surface area contributed by atoms with E-state index in [9.17, 15) is 8.42 Å². The first-order chi connectivity index (χ1) is 11.3. The van der Waals surface area contributed by atoms with Crippen LogP contribution in [0.15, 0.2) is 4.99 Å². The van der Waals surface area contributed by atoms with Crippen molar-refractivity contribution in [2.24, 2.45) is 16.8 Å². The van der Waals surface area contributed by atoms with E-state index in [-0.39, 0.29) is 42.9 Å². The SMILES string of the molecule is CCNC(=NCC(CCO)CC(C)C)NCCOCCS(C)(=O)=O.I. The van der Waals surface area contributed by atoms with Crippen molar-refractivity contribution < 1.29 is 18.3 Å². The molecule has 1 atom stereocenters. The summed E-state index contributed by atoms with van der Waals surface area (Å²) < 4.78 is 27.3. The molecule has 0 rings (SSSR count). The molecule has 0 aliphatic rings. The van der Waals surface area contributed by atoms with Crippen LogP contribution in [-0.2, 0) is 14.6 Å². The summed E-state index contributed by atoms with van der Waals surface area (Å²) in [7, 11) is -2.97. The molecule has 3 N–H and O–H groups in total. The van der Waals surface area contributed by atoms with Crippen LogP contribution < -0.4 is 10.6 Å². The van der Waals surface area contributed by atoms with Gasteiger partial charge in [-0.1, -0.05) is 13.8 Å². The predicted octanol–water partition coefficient (Wildman–Crippen LogP) is 1.27. The van der Waals surface area contributed by atoms with Crippen LogP contribution in [-0.4, -0.2) is 70.9 Å². The number of aliphatic imine (C=N–C) groups is 1. The minimum Gasteiger partial charge on any atom is -0.396 e. The van der Waals surface area contributed by atoms with Gasteiger partial charge in [0, 0.05) is 32.5 Å². The van der Waals surface area contributed by atoms with Crippen LogP contribution in [0.2, 0.25) is 0 Å². The molecule has 25 heavy (non-hydrogen) atoms. The highest BCUT2D eigenvalue weighted by Crippen LogP contribution is 2.15. The number of rotatable bonds is 13. The average Bonchev–Trinajstić information content (AvgIpc) is 2.46. The molecule has 0 amide bonds. The summed E-state index contributed by atoms with van der Waals surface area (Å²) >= 11 is 0. The topological polar surface area (TPSA) is 100 Å². The van der Waals surface area contributed by atoms with Crippen molar-refractivity contribution in [3.05, 3.63) is 0 Å². The molecule has 0 heterocycles. The number of hydrogen-bond acceptors (Lipinski definition) is 5. The molecule has 0 aromatic carbocycles. The minimum atomic E-state index is -2.97. The molecular weight excluding hydrogens is 457 g/mol. The standard InChI is InChI=1S/C16H35N3O4S.HI/c1-5-17-16(18-7-9-23-10-11-24(4,21)22)19-13-15(6-8-20)12-14(2)3;/h14-15,20H,5-13H2,1-4H3,(H2,17,18,19);1H. The van der Waals surface area contributed by atoms with Gasteiger partial charge in [-0.15, -0.1) is 24.0 Å². The fourth-order valence-corrected chi connectivity index (χ4v) is 2.67. The van der Waals surface area contributed by atoms with Crippen LogP contribution in [0.1, 0.15) is 33.6 Å². The van der Waals surface area contributed by atoms with Gasteiger partial charge in [0.15, 0.2) is 5.96 Å². The van der Waals surface area contributed by atoms with Gasteiger partial charge in [0.1, 0.15) is 9.84 Å². The predicted molar refractivity (Wildman–Crippen MR) is 115 cm³/mol. The second-order valence-corrected chi connectivity index (χ2v) is 8.66. The first-order valence-electron chi connectivity index (χ1n) is 8.67. The monoisotopic (exact) mass is 493 g/mol. The summed E-state index contributed by atoms with van der Waals surface area (Å²) in [6.07, 6.45) is 3.00. The molecular formula is C16H36IN3O4S. The Labute approximate surface area is 170 Å². The van der Waals surface area contributed by atoms with Crippen molar-refractivity contribution in [2.45, 2.75) is 33.6 Å². The average molecular weight is 493 g/mol. The molecule has 7 nitrogen and oxygen atoms in total. The number of guanidine groups is 1. The van der Waals surface area contributed by atoms with Crippen LogP contribution >= 0.6 is 24.0 Å². The number of ether oxygens (including phenoxy) is 1. The van der Waals surface area contributed by atoms with Gasteiger partial charge in [-0.2, -0.15) is 0 Å². The summed E-state index contributed by atoms with van der Waals surface area (Å²) in [5.74, 6) is 1.71. The normalized spacial score (nSPS) is 13.4. The Morgan fingerprint density at radius 2 is 1.92 bits per heavy atom. The van der Waals surface area contributed by atoms with Crippen molar-refractivity contribution in [1.29, 1.82) is 0 Å². The van der Waals surface area contributed by atoms with Crippen molar-refractivity contribution in [3.8, 4) is 0 Å². The lowest BCUT2D eigenvalue weighted by atomic mass is 9.94. The fraction of sp³-hybridized carbons (Fsp3) is 0.938. The van der Waals surface area contributed by atoms with E-state index < -0.39 is 9.84 Å². The van der Waals surface area contributed by atoms with E-state index in [1.807, 2.05) is 6.92 Å². The molecule has 9 heteroatoms. The maximum absolute atomic E-state index is 11.0. The van der Waals surface area contributed by atoms with E-state index in [0.29, 0.717) is 31.5 Å². The Morgan fingerprint density at radius 1 is 1.24 bits per heavy atom. The number of aliphatic hydroxyl groups excluding tert-OH is 1. The third-order valence-corrected chi connectivity index (χ3v) is 4.24. The maximum atomic E-state index is 11.0. The Balaban J connectivity index is 0. The summed E-state index contributed by atoms with van der Waals surface area (Å²) in [5.41, 5.74) is 0. The van der Waals surface area contributed by atoms with Crippen LogP contribution in [0.4, 0.5) is 0 Å². The van der Waals surface area contributed by atoms with Gasteiger partial charge < -0.3 is 20.5 Å². The number of halogens is 1. The van der Waals surface area contributed by atoms with Gasteiger partial charge in [-0.3, -0.25) is 4.99 Å². The van der Waals surface area contributed by atoms with E-state index in [1.165, 1.54) is 6.26 Å². The zero-order valence-electron chi connectivity index (χ0n) is 16.0. The van der Waals surface area contributed by atoms with E-state index in [0.717, 1.165) is 25.3 Å². The highest BCUT2D eigenvalue weighted by atomic mass is 127. The van der Waals surface area contributed by atoms with E-state index in [1.54, 1.807) is 0 Å². The van der Waals surface area contributed by atoms with E-state index >= 15 is 0 Å². The Bertz CT molecular complexity index is 445. The van der Waals surface area contributed by atoms with E-state index in [2.05, 4.69) is 29.5 Å². The zero-order valence-corrected chi connectivity index (χ0v) is 19.1. The van der Waals surface area contributed by atoms with Crippen molar-refractivity contribution in [2.75, 3.05) is 51.5 Å². The molecule has 0 saturated heterocycles. The Morgan fingerprint density at radius 3 is 2.44 bits per heavy atom. The van der Waals surface area contributed by atoms with Crippen molar-refractivity contribution in [1.82, 2.24) is 10.6 Å². The van der Waals surface area contributed by atoms with Crippen LogP contribution in [0, 0.1) is 11.8 Å². The van der Waals surface area contributed by atoms with Gasteiger partial charge in [-0.05, 0) is 31.6 Å². The number of nitrogens with zero attached hydrogens (tertiary/aromatic N) is 1. The molecule has 152 valence electrons. The lowest BCUT2D eigenvalue weighted by Gasteiger charge is -2.17. The molecule has 1 unspecified atom stereocenters. The molecule has 0 aliphatic carbocycles. The highest BCUT2D eigenvalue weighted by molar-refractivity contribution is 14.0. The molecule has 0 aliphatic heterocycles. The summed E-state index contributed by atoms with van der Waals surface area (Å²) in [6.45, 7) is 9.15. The fourth-order valence-electron chi connectivity index (χ4n) is 2.25. The van der Waals surface area contributed by atoms with Gasteiger partial charge in [-0.25, -0.2) is 8.42 Å². The molecule has 0 radical (unpaired) electrons. The zero-order chi connectivity index (χ0) is 18.4. The van der Waals surface area contributed by atoms with Crippen LogP contribution in [0.5, 0.6) is 0 Å². The summed E-state index contributed by atoms with van der Waals surface area (Å²) in [4.78, 5) is 4.57. The Hall–Kier alpha value is -0.130. The lowest BCUT2D eigenvalue weighted by Crippen LogP contribution is -2.39. The van der Waals surface area contributed by atoms with Gasteiger partial charge in [0.25, 0.3) is 0 Å². The molecule has 0 spiro atoms. The highest BCUT2D eigenvalue weighted by Gasteiger charge is 2.10. The molecule has 0 aromatic rings. The van der Waals surface area contributed by atoms with Crippen LogP contribution in [0.3, 0.4) is 0 Å². The molecule has 0 aromatic heterocycles. The summed E-state index contributed by atoms with van der Waals surface area (Å²) in [5, 5.41) is 15.5. The summed E-state index contributed by atoms with van der Waals surface area (Å²) in [6, 6.07) is 0.